The van der Waals surface area contributed by atoms with Crippen LogP contribution in [0.25, 0.3) is 0 Å². The predicted octanol–water partition coefficient (Wildman–Crippen LogP) is 1.60. The van der Waals surface area contributed by atoms with Gasteiger partial charge in [-0.05, 0) is 12.1 Å². The molecule has 0 N–H and O–H groups in total. The Morgan fingerprint density at radius 3 is 2.26 bits per heavy atom. The molecule has 0 saturated carbocycles. The SMILES string of the molecule is O=C1CCN(CN2C(=O)c3ccccc3C2=O)C=C1OC(F)F. The highest BCUT2D eigenvalue weighted by Gasteiger charge is 2.36. The van der Waals surface area contributed by atoms with Crippen LogP contribution >= 0.6 is 0 Å². The molecule has 0 aliphatic carbocycles. The van der Waals surface area contributed by atoms with Gasteiger partial charge in [-0.15, -0.1) is 0 Å². The van der Waals surface area contributed by atoms with E-state index in [4.69, 9.17) is 0 Å². The van der Waals surface area contributed by atoms with Gasteiger partial charge in [0.2, 0.25) is 5.78 Å². The molecule has 8 heteroatoms. The van der Waals surface area contributed by atoms with Crippen LogP contribution in [-0.2, 0) is 9.53 Å². The molecule has 120 valence electrons. The Morgan fingerprint density at radius 1 is 1.09 bits per heavy atom. The smallest absolute Gasteiger partial charge is 0.387 e. The number of imide groups is 1. The molecule has 0 saturated heterocycles. The van der Waals surface area contributed by atoms with Gasteiger partial charge in [0.15, 0.2) is 5.76 Å². The van der Waals surface area contributed by atoms with Crippen molar-refractivity contribution in [2.45, 2.75) is 13.0 Å². The summed E-state index contributed by atoms with van der Waals surface area (Å²) in [4.78, 5) is 38.4. The molecule has 2 heterocycles. The molecular weight excluding hydrogens is 310 g/mol. The van der Waals surface area contributed by atoms with Gasteiger partial charge in [-0.3, -0.25) is 19.3 Å². The Bertz CT molecular complexity index is 682. The highest BCUT2D eigenvalue weighted by molar-refractivity contribution is 6.21. The molecule has 1 aromatic carbocycles. The van der Waals surface area contributed by atoms with Gasteiger partial charge in [0.1, 0.15) is 6.67 Å². The second-order valence-electron chi connectivity index (χ2n) is 5.08. The second-order valence-corrected chi connectivity index (χ2v) is 5.08. The number of rotatable bonds is 4. The van der Waals surface area contributed by atoms with Crippen molar-refractivity contribution in [2.75, 3.05) is 13.2 Å². The summed E-state index contributed by atoms with van der Waals surface area (Å²) < 4.78 is 28.7. The van der Waals surface area contributed by atoms with Crippen LogP contribution in [0.3, 0.4) is 0 Å². The molecule has 0 bridgehead atoms. The number of fused-ring (bicyclic) bond motifs is 1. The number of amides is 2. The minimum Gasteiger partial charge on any atom is -0.429 e. The molecule has 0 spiro atoms. The first kappa shape index (κ1) is 15.1. The highest BCUT2D eigenvalue weighted by atomic mass is 19.3. The summed E-state index contributed by atoms with van der Waals surface area (Å²) in [5, 5.41) is 0. The number of allylic oxidation sites excluding steroid dienone is 1. The molecule has 0 atom stereocenters. The van der Waals surface area contributed by atoms with Crippen LogP contribution in [-0.4, -0.2) is 47.2 Å². The Morgan fingerprint density at radius 2 is 1.70 bits per heavy atom. The number of nitrogens with zero attached hydrogens (tertiary/aromatic N) is 2. The minimum atomic E-state index is -3.11. The number of hydrogen-bond acceptors (Lipinski definition) is 5. The first-order chi connectivity index (χ1) is 11.0. The predicted molar refractivity (Wildman–Crippen MR) is 73.3 cm³/mol. The van der Waals surface area contributed by atoms with Gasteiger partial charge in [-0.2, -0.15) is 8.78 Å². The molecule has 0 aromatic heterocycles. The number of carbonyl (C=O) groups excluding carboxylic acids is 3. The lowest BCUT2D eigenvalue weighted by molar-refractivity contribution is -0.135. The third kappa shape index (κ3) is 2.79. The zero-order valence-electron chi connectivity index (χ0n) is 11.9. The van der Waals surface area contributed by atoms with E-state index in [-0.39, 0.29) is 19.6 Å². The van der Waals surface area contributed by atoms with Crippen molar-refractivity contribution < 1.29 is 27.9 Å². The van der Waals surface area contributed by atoms with E-state index >= 15 is 0 Å². The maximum Gasteiger partial charge on any atom is 0.387 e. The zero-order valence-corrected chi connectivity index (χ0v) is 11.9. The van der Waals surface area contributed by atoms with Crippen LogP contribution in [0.1, 0.15) is 27.1 Å². The quantitative estimate of drug-likeness (QED) is 0.788. The Balaban J connectivity index is 1.78. The fourth-order valence-corrected chi connectivity index (χ4v) is 2.52. The lowest BCUT2D eigenvalue weighted by Crippen LogP contribution is -2.41. The molecular formula is C15H12F2N2O4. The zero-order chi connectivity index (χ0) is 16.6. The van der Waals surface area contributed by atoms with Crippen molar-refractivity contribution in [1.29, 1.82) is 0 Å². The average molecular weight is 322 g/mol. The monoisotopic (exact) mass is 322 g/mol. The van der Waals surface area contributed by atoms with Crippen LogP contribution in [0, 0.1) is 0 Å². The molecule has 1 aromatic rings. The molecule has 2 aliphatic heterocycles. The number of alkyl halides is 2. The standard InChI is InChI=1S/C15H12F2N2O4/c16-15(17)23-12-7-18(6-5-11(12)20)8-19-13(21)9-3-1-2-4-10(9)14(19)22/h1-4,7,15H,5-6,8H2. The Kier molecular flexibility index (Phi) is 3.81. The first-order valence-electron chi connectivity index (χ1n) is 6.86. The summed E-state index contributed by atoms with van der Waals surface area (Å²) >= 11 is 0. The van der Waals surface area contributed by atoms with Crippen molar-refractivity contribution >= 4 is 17.6 Å². The van der Waals surface area contributed by atoms with Crippen molar-refractivity contribution in [3.63, 3.8) is 0 Å². The molecule has 0 unspecified atom stereocenters. The summed E-state index contributed by atoms with van der Waals surface area (Å²) in [7, 11) is 0. The summed E-state index contributed by atoms with van der Waals surface area (Å²) in [6, 6.07) is 6.41. The van der Waals surface area contributed by atoms with Crippen LogP contribution in [0.5, 0.6) is 0 Å². The van der Waals surface area contributed by atoms with Gasteiger partial charge in [0.25, 0.3) is 11.8 Å². The van der Waals surface area contributed by atoms with E-state index in [0.717, 1.165) is 11.1 Å². The van der Waals surface area contributed by atoms with E-state index in [1.165, 1.54) is 4.90 Å². The fraction of sp³-hybridized carbons (Fsp3) is 0.267. The molecule has 2 aliphatic rings. The molecule has 0 fully saturated rings. The van der Waals surface area contributed by atoms with Crippen LogP contribution in [0.2, 0.25) is 0 Å². The maximum absolute atomic E-state index is 12.3. The van der Waals surface area contributed by atoms with Gasteiger partial charge >= 0.3 is 6.61 Å². The Labute approximate surface area is 129 Å². The van der Waals surface area contributed by atoms with Gasteiger partial charge in [-0.1, -0.05) is 12.1 Å². The Hall–Kier alpha value is -2.77. The molecule has 6 nitrogen and oxygen atoms in total. The fourth-order valence-electron chi connectivity index (χ4n) is 2.52. The molecule has 3 rings (SSSR count). The van der Waals surface area contributed by atoms with Gasteiger partial charge in [0.05, 0.1) is 11.1 Å². The highest BCUT2D eigenvalue weighted by Crippen LogP contribution is 2.24. The summed E-state index contributed by atoms with van der Waals surface area (Å²) in [6.45, 7) is -3.03. The van der Waals surface area contributed by atoms with Crippen molar-refractivity contribution in [2.24, 2.45) is 0 Å². The van der Waals surface area contributed by atoms with Crippen LogP contribution in [0.4, 0.5) is 8.78 Å². The van der Waals surface area contributed by atoms with E-state index in [1.807, 2.05) is 0 Å². The number of benzene rings is 1. The normalized spacial score (nSPS) is 17.7. The summed E-state index contributed by atoms with van der Waals surface area (Å²) in [6.07, 6.45) is 1.09. The van der Waals surface area contributed by atoms with Crippen LogP contribution < -0.4 is 0 Å². The molecule has 23 heavy (non-hydrogen) atoms. The molecule has 0 radical (unpaired) electrons. The third-order valence-electron chi connectivity index (χ3n) is 3.62. The minimum absolute atomic E-state index is 0.0261. The van der Waals surface area contributed by atoms with Gasteiger partial charge in [0, 0.05) is 19.2 Å². The largest absolute Gasteiger partial charge is 0.429 e. The van der Waals surface area contributed by atoms with Gasteiger partial charge in [-0.25, -0.2) is 0 Å². The number of Topliss-reactive ketones (excluding diaryl/α,β-unsaturated/α-hetero) is 1. The van der Waals surface area contributed by atoms with E-state index in [1.54, 1.807) is 24.3 Å². The third-order valence-corrected chi connectivity index (χ3v) is 3.62. The van der Waals surface area contributed by atoms with Crippen molar-refractivity contribution in [3.05, 3.63) is 47.4 Å². The van der Waals surface area contributed by atoms with Crippen LogP contribution in [0.15, 0.2) is 36.2 Å². The number of ketones is 1. The number of hydrogen-bond donors (Lipinski definition) is 0. The summed E-state index contributed by atoms with van der Waals surface area (Å²) in [5.74, 6) is -1.91. The van der Waals surface area contributed by atoms with E-state index in [9.17, 15) is 23.2 Å². The van der Waals surface area contributed by atoms with Gasteiger partial charge < -0.3 is 9.64 Å². The van der Waals surface area contributed by atoms with Crippen molar-refractivity contribution in [1.82, 2.24) is 9.80 Å². The topological polar surface area (TPSA) is 66.9 Å². The summed E-state index contributed by atoms with van der Waals surface area (Å²) in [5.41, 5.74) is 0.609. The number of carbonyl (C=O) groups is 3. The average Bonchev–Trinajstić information content (AvgIpc) is 2.76. The number of ether oxygens (including phenoxy) is 1. The lowest BCUT2D eigenvalue weighted by atomic mass is 10.1. The van der Waals surface area contributed by atoms with E-state index < -0.39 is 30.0 Å². The lowest BCUT2D eigenvalue weighted by Gasteiger charge is -2.28. The van der Waals surface area contributed by atoms with Crippen molar-refractivity contribution in [3.8, 4) is 0 Å². The van der Waals surface area contributed by atoms with E-state index in [2.05, 4.69) is 4.74 Å². The van der Waals surface area contributed by atoms with E-state index in [0.29, 0.717) is 11.1 Å². The second kappa shape index (κ2) is 5.79. The maximum atomic E-state index is 12.3. The first-order valence-corrected chi connectivity index (χ1v) is 6.86. The molecule has 2 amide bonds. The number of halogens is 2.